The van der Waals surface area contributed by atoms with Gasteiger partial charge in [0, 0.05) is 18.5 Å². The van der Waals surface area contributed by atoms with E-state index >= 15 is 0 Å². The molecule has 1 heterocycles. The molecule has 0 aliphatic heterocycles. The van der Waals surface area contributed by atoms with Gasteiger partial charge in [0.1, 0.15) is 11.3 Å². The zero-order chi connectivity index (χ0) is 24.0. The van der Waals surface area contributed by atoms with E-state index in [1.165, 1.54) is 0 Å². The monoisotopic (exact) mass is 446 g/mol. The highest BCUT2D eigenvalue weighted by molar-refractivity contribution is 5.97. The van der Waals surface area contributed by atoms with E-state index in [1.807, 2.05) is 58.0 Å². The van der Waals surface area contributed by atoms with Gasteiger partial charge in [-0.3, -0.25) is 9.48 Å². The molecule has 0 amide bonds. The summed E-state index contributed by atoms with van der Waals surface area (Å²) in [7, 11) is 0. The lowest BCUT2D eigenvalue weighted by atomic mass is 9.96. The molecule has 0 saturated carbocycles. The Morgan fingerprint density at radius 3 is 2.36 bits per heavy atom. The normalized spacial score (nSPS) is 11.4. The smallest absolute Gasteiger partial charge is 0.339 e. The lowest BCUT2D eigenvalue weighted by Gasteiger charge is -2.20. The van der Waals surface area contributed by atoms with Crippen molar-refractivity contribution in [1.82, 2.24) is 9.78 Å². The van der Waals surface area contributed by atoms with Crippen LogP contribution in [0.3, 0.4) is 0 Å². The van der Waals surface area contributed by atoms with Crippen molar-refractivity contribution in [2.24, 2.45) is 0 Å². The third-order valence-corrected chi connectivity index (χ3v) is 5.55. The van der Waals surface area contributed by atoms with Crippen LogP contribution in [0.1, 0.15) is 85.1 Å². The summed E-state index contributed by atoms with van der Waals surface area (Å²) >= 11 is 0. The third kappa shape index (κ3) is 5.98. The van der Waals surface area contributed by atoms with Gasteiger partial charge in [0.15, 0.2) is 6.29 Å². The molecule has 3 aromatic rings. The zero-order valence-electron chi connectivity index (χ0n) is 20.4. The van der Waals surface area contributed by atoms with Crippen LogP contribution in [0.15, 0.2) is 48.5 Å². The molecule has 0 N–H and O–H groups in total. The van der Waals surface area contributed by atoms with Crippen molar-refractivity contribution in [3.05, 3.63) is 76.6 Å². The number of aryl methyl sites for hydroxylation is 2. The number of carbonyl (C=O) groups excluding carboxylic acids is 2. The second kappa shape index (κ2) is 10.6. The molecule has 2 aromatic carbocycles. The second-order valence-electron chi connectivity index (χ2n) is 9.27. The van der Waals surface area contributed by atoms with Crippen molar-refractivity contribution >= 4 is 12.3 Å². The van der Waals surface area contributed by atoms with Crippen LogP contribution in [0.2, 0.25) is 0 Å². The SMILES string of the molecule is CCCCc1nn(CC)c(C=O)c1Cc1ccc(-c2ccccc2C(=O)OC(C)(C)C)cc1. The average molecular weight is 447 g/mol. The van der Waals surface area contributed by atoms with E-state index in [1.54, 1.807) is 10.7 Å². The van der Waals surface area contributed by atoms with Gasteiger partial charge in [-0.1, -0.05) is 55.8 Å². The fourth-order valence-corrected chi connectivity index (χ4v) is 3.93. The first-order valence-corrected chi connectivity index (χ1v) is 11.7. The number of aromatic nitrogens is 2. The summed E-state index contributed by atoms with van der Waals surface area (Å²) in [6.07, 6.45) is 4.59. The van der Waals surface area contributed by atoms with E-state index in [0.29, 0.717) is 24.2 Å². The third-order valence-electron chi connectivity index (χ3n) is 5.55. The lowest BCUT2D eigenvalue weighted by Crippen LogP contribution is -2.24. The standard InChI is InChI=1S/C28H34N2O3/c1-6-8-13-25-24(26(19-31)30(7-2)29-25)18-20-14-16-21(17-15-20)22-11-9-10-12-23(22)27(32)33-28(3,4)5/h9-12,14-17,19H,6-8,13,18H2,1-5H3. The molecule has 0 unspecified atom stereocenters. The molecule has 1 aromatic heterocycles. The summed E-state index contributed by atoms with van der Waals surface area (Å²) in [5, 5.41) is 4.69. The molecule has 33 heavy (non-hydrogen) atoms. The molecule has 3 rings (SSSR count). The van der Waals surface area contributed by atoms with Gasteiger partial charge in [-0.15, -0.1) is 0 Å². The molecule has 0 spiro atoms. The Kier molecular flexibility index (Phi) is 7.85. The van der Waals surface area contributed by atoms with Gasteiger partial charge in [-0.2, -0.15) is 5.10 Å². The Morgan fingerprint density at radius 2 is 1.76 bits per heavy atom. The minimum Gasteiger partial charge on any atom is -0.456 e. The number of hydrogen-bond acceptors (Lipinski definition) is 4. The molecule has 0 fully saturated rings. The zero-order valence-corrected chi connectivity index (χ0v) is 20.4. The van der Waals surface area contributed by atoms with Crippen LogP contribution in [0.25, 0.3) is 11.1 Å². The number of benzene rings is 2. The van der Waals surface area contributed by atoms with Crippen molar-refractivity contribution in [3.63, 3.8) is 0 Å². The second-order valence-corrected chi connectivity index (χ2v) is 9.27. The highest BCUT2D eigenvalue weighted by Gasteiger charge is 2.21. The van der Waals surface area contributed by atoms with Crippen molar-refractivity contribution < 1.29 is 14.3 Å². The summed E-state index contributed by atoms with van der Waals surface area (Å²) < 4.78 is 7.40. The number of ether oxygens (including phenoxy) is 1. The van der Waals surface area contributed by atoms with Gasteiger partial charge in [0.2, 0.25) is 0 Å². The Labute approximate surface area is 196 Å². The molecular weight excluding hydrogens is 412 g/mol. The maximum atomic E-state index is 12.7. The number of nitrogens with zero attached hydrogens (tertiary/aromatic N) is 2. The largest absolute Gasteiger partial charge is 0.456 e. The molecule has 0 radical (unpaired) electrons. The van der Waals surface area contributed by atoms with Gasteiger partial charge in [-0.05, 0) is 63.3 Å². The van der Waals surface area contributed by atoms with Crippen molar-refractivity contribution in [3.8, 4) is 11.1 Å². The van der Waals surface area contributed by atoms with Crippen LogP contribution in [-0.2, 0) is 24.1 Å². The molecule has 174 valence electrons. The molecule has 0 saturated heterocycles. The molecule has 5 heteroatoms. The molecule has 5 nitrogen and oxygen atoms in total. The van der Waals surface area contributed by atoms with Gasteiger partial charge >= 0.3 is 5.97 Å². The molecule has 0 aliphatic carbocycles. The highest BCUT2D eigenvalue weighted by Crippen LogP contribution is 2.27. The van der Waals surface area contributed by atoms with Crippen LogP contribution in [0.4, 0.5) is 0 Å². The number of aldehydes is 1. The van der Waals surface area contributed by atoms with Crippen LogP contribution in [-0.4, -0.2) is 27.6 Å². The van der Waals surface area contributed by atoms with E-state index in [2.05, 4.69) is 19.1 Å². The van der Waals surface area contributed by atoms with E-state index < -0.39 is 5.60 Å². The minimum atomic E-state index is -0.553. The van der Waals surface area contributed by atoms with Crippen LogP contribution in [0.5, 0.6) is 0 Å². The maximum absolute atomic E-state index is 12.7. The summed E-state index contributed by atoms with van der Waals surface area (Å²) in [5.74, 6) is -0.328. The summed E-state index contributed by atoms with van der Waals surface area (Å²) in [6.45, 7) is 10.4. The minimum absolute atomic E-state index is 0.328. The number of rotatable bonds is 9. The molecule has 0 atom stereocenters. The van der Waals surface area contributed by atoms with E-state index in [0.717, 1.165) is 53.5 Å². The first kappa shape index (κ1) is 24.4. The van der Waals surface area contributed by atoms with Crippen molar-refractivity contribution in [1.29, 1.82) is 0 Å². The summed E-state index contributed by atoms with van der Waals surface area (Å²) in [5.41, 5.74) is 5.59. The van der Waals surface area contributed by atoms with Crippen LogP contribution in [0, 0.1) is 0 Å². The first-order valence-electron chi connectivity index (χ1n) is 11.7. The number of carbonyl (C=O) groups is 2. The number of esters is 1. The average Bonchev–Trinajstić information content (AvgIpc) is 3.13. The highest BCUT2D eigenvalue weighted by atomic mass is 16.6. The van der Waals surface area contributed by atoms with E-state index in [9.17, 15) is 9.59 Å². The quantitative estimate of drug-likeness (QED) is 0.287. The number of unbranched alkanes of at least 4 members (excludes halogenated alkanes) is 1. The Hall–Kier alpha value is -3.21. The molecule has 0 bridgehead atoms. The van der Waals surface area contributed by atoms with Crippen LogP contribution < -0.4 is 0 Å². The molecular formula is C28H34N2O3. The summed E-state index contributed by atoms with van der Waals surface area (Å²) in [6, 6.07) is 15.7. The van der Waals surface area contributed by atoms with Gasteiger partial charge in [0.05, 0.1) is 11.3 Å². The topological polar surface area (TPSA) is 61.2 Å². The Morgan fingerprint density at radius 1 is 1.06 bits per heavy atom. The summed E-state index contributed by atoms with van der Waals surface area (Å²) in [4.78, 5) is 24.5. The van der Waals surface area contributed by atoms with E-state index in [4.69, 9.17) is 9.84 Å². The maximum Gasteiger partial charge on any atom is 0.339 e. The fourth-order valence-electron chi connectivity index (χ4n) is 3.93. The Balaban J connectivity index is 1.89. The first-order chi connectivity index (χ1) is 15.8. The number of hydrogen-bond donors (Lipinski definition) is 0. The van der Waals surface area contributed by atoms with E-state index in [-0.39, 0.29) is 5.97 Å². The van der Waals surface area contributed by atoms with Crippen molar-refractivity contribution in [2.75, 3.05) is 0 Å². The van der Waals surface area contributed by atoms with Gasteiger partial charge < -0.3 is 4.74 Å². The van der Waals surface area contributed by atoms with Gasteiger partial charge in [-0.25, -0.2) is 4.79 Å². The predicted octanol–water partition coefficient (Wildman–Crippen LogP) is 6.27. The molecule has 0 aliphatic rings. The fraction of sp³-hybridized carbons (Fsp3) is 0.393. The predicted molar refractivity (Wildman–Crippen MR) is 132 cm³/mol. The van der Waals surface area contributed by atoms with Crippen LogP contribution >= 0.6 is 0 Å². The lowest BCUT2D eigenvalue weighted by molar-refractivity contribution is 0.00703. The van der Waals surface area contributed by atoms with Crippen molar-refractivity contribution in [2.45, 2.75) is 72.4 Å². The van der Waals surface area contributed by atoms with Gasteiger partial charge in [0.25, 0.3) is 0 Å². The Bertz CT molecular complexity index is 1110.